The third-order valence-corrected chi connectivity index (χ3v) is 8.21. The highest BCUT2D eigenvalue weighted by molar-refractivity contribution is 7.89. The fourth-order valence-electron chi connectivity index (χ4n) is 4.68. The van der Waals surface area contributed by atoms with Gasteiger partial charge >= 0.3 is 0 Å². The average molecular weight is 502 g/mol. The van der Waals surface area contributed by atoms with Gasteiger partial charge in [0.05, 0.1) is 10.4 Å². The van der Waals surface area contributed by atoms with E-state index in [0.29, 0.717) is 19.1 Å². The second kappa shape index (κ2) is 11.2. The molecule has 1 N–H and O–H groups in total. The molecular formula is C29H31N3O3S. The molecule has 1 fully saturated rings. The number of benzene rings is 3. The first-order valence-electron chi connectivity index (χ1n) is 12.4. The number of hydrogen-bond acceptors (Lipinski definition) is 5. The lowest BCUT2D eigenvalue weighted by Crippen LogP contribution is -2.40. The number of nitrogens with one attached hydrogen (secondary N) is 1. The van der Waals surface area contributed by atoms with Gasteiger partial charge in [-0.2, -0.15) is 0 Å². The topological polar surface area (TPSA) is 71.5 Å². The number of rotatable bonds is 9. The van der Waals surface area contributed by atoms with E-state index in [0.717, 1.165) is 60.3 Å². The molecule has 7 heteroatoms. The summed E-state index contributed by atoms with van der Waals surface area (Å²) in [7, 11) is -3.55. The number of hydrogen-bond donors (Lipinski definition) is 1. The van der Waals surface area contributed by atoms with Crippen LogP contribution in [0.15, 0.2) is 96.0 Å². The zero-order valence-corrected chi connectivity index (χ0v) is 21.0. The molecule has 3 aromatic carbocycles. The van der Waals surface area contributed by atoms with Crippen molar-refractivity contribution in [3.63, 3.8) is 0 Å². The van der Waals surface area contributed by atoms with Gasteiger partial charge in [0.15, 0.2) is 0 Å². The van der Waals surface area contributed by atoms with Gasteiger partial charge in [-0.1, -0.05) is 54.6 Å². The van der Waals surface area contributed by atoms with E-state index in [2.05, 4.69) is 32.8 Å². The van der Waals surface area contributed by atoms with Gasteiger partial charge in [0.2, 0.25) is 10.0 Å². The summed E-state index contributed by atoms with van der Waals surface area (Å²) in [6, 6.07) is 27.2. The highest BCUT2D eigenvalue weighted by atomic mass is 32.2. The van der Waals surface area contributed by atoms with Crippen LogP contribution < -0.4 is 9.46 Å². The van der Waals surface area contributed by atoms with Crippen LogP contribution >= 0.6 is 0 Å². The Morgan fingerprint density at radius 2 is 1.69 bits per heavy atom. The Labute approximate surface area is 213 Å². The van der Waals surface area contributed by atoms with Gasteiger partial charge in [-0.15, -0.1) is 0 Å². The summed E-state index contributed by atoms with van der Waals surface area (Å²) in [4.78, 5) is 6.94. The Hall–Kier alpha value is -3.26. The largest absolute Gasteiger partial charge is 0.492 e. The molecule has 0 amide bonds. The summed E-state index contributed by atoms with van der Waals surface area (Å²) in [5, 5.41) is 0.822. The number of sulfonamides is 1. The number of nitrogens with zero attached hydrogens (tertiary/aromatic N) is 2. The van der Waals surface area contributed by atoms with Crippen molar-refractivity contribution < 1.29 is 13.2 Å². The molecule has 0 bridgehead atoms. The highest BCUT2D eigenvalue weighted by Gasteiger charge is 2.22. The minimum atomic E-state index is -3.55. The van der Waals surface area contributed by atoms with Crippen LogP contribution in [-0.2, 0) is 10.0 Å². The first-order chi connectivity index (χ1) is 17.6. The number of aromatic nitrogens is 1. The van der Waals surface area contributed by atoms with Crippen molar-refractivity contribution >= 4 is 20.9 Å². The van der Waals surface area contributed by atoms with E-state index in [-0.39, 0.29) is 4.90 Å². The SMILES string of the molecule is O=S(=O)(NCC1CCN(CCOc2ccccc2-c2ccccc2)CC1)c1ccc2ncccc2c1. The number of fused-ring (bicyclic) bond motifs is 1. The molecular weight excluding hydrogens is 470 g/mol. The van der Waals surface area contributed by atoms with Crippen molar-refractivity contribution in [3.8, 4) is 16.9 Å². The lowest BCUT2D eigenvalue weighted by molar-refractivity contribution is 0.156. The molecule has 0 atom stereocenters. The highest BCUT2D eigenvalue weighted by Crippen LogP contribution is 2.29. The number of para-hydroxylation sites is 1. The van der Waals surface area contributed by atoms with Crippen molar-refractivity contribution in [1.29, 1.82) is 0 Å². The molecule has 0 aliphatic carbocycles. The Morgan fingerprint density at radius 1 is 0.917 bits per heavy atom. The summed E-state index contributed by atoms with van der Waals surface area (Å²) < 4.78 is 34.6. The van der Waals surface area contributed by atoms with E-state index in [1.807, 2.05) is 48.5 Å². The van der Waals surface area contributed by atoms with Crippen LogP contribution in [0.3, 0.4) is 0 Å². The summed E-state index contributed by atoms with van der Waals surface area (Å²) in [6.45, 7) is 3.82. The minimum absolute atomic E-state index is 0.286. The van der Waals surface area contributed by atoms with Crippen molar-refractivity contribution in [3.05, 3.63) is 91.1 Å². The lowest BCUT2D eigenvalue weighted by Gasteiger charge is -2.31. The van der Waals surface area contributed by atoms with Crippen LogP contribution in [0.1, 0.15) is 12.8 Å². The third kappa shape index (κ3) is 5.93. The maximum absolute atomic E-state index is 12.8. The molecule has 1 saturated heterocycles. The second-order valence-corrected chi connectivity index (χ2v) is 11.0. The van der Waals surface area contributed by atoms with Crippen LogP contribution in [0.2, 0.25) is 0 Å². The first kappa shape index (κ1) is 24.4. The fraction of sp³-hybridized carbons (Fsp3) is 0.276. The maximum atomic E-state index is 12.8. The van der Waals surface area contributed by atoms with Crippen LogP contribution in [0, 0.1) is 5.92 Å². The molecule has 4 aromatic rings. The van der Waals surface area contributed by atoms with E-state index in [1.165, 1.54) is 0 Å². The molecule has 2 heterocycles. The maximum Gasteiger partial charge on any atom is 0.240 e. The van der Waals surface area contributed by atoms with E-state index in [4.69, 9.17) is 4.74 Å². The molecule has 36 heavy (non-hydrogen) atoms. The van der Waals surface area contributed by atoms with Gasteiger partial charge < -0.3 is 4.74 Å². The molecule has 5 rings (SSSR count). The Kier molecular flexibility index (Phi) is 7.60. The van der Waals surface area contributed by atoms with Gasteiger partial charge in [-0.3, -0.25) is 9.88 Å². The molecule has 186 valence electrons. The van der Waals surface area contributed by atoms with E-state index in [1.54, 1.807) is 24.4 Å². The van der Waals surface area contributed by atoms with Gasteiger partial charge in [-0.25, -0.2) is 13.1 Å². The first-order valence-corrected chi connectivity index (χ1v) is 13.9. The van der Waals surface area contributed by atoms with Crippen molar-refractivity contribution in [1.82, 2.24) is 14.6 Å². The Balaban J connectivity index is 1.08. The molecule has 1 aromatic heterocycles. The summed E-state index contributed by atoms with van der Waals surface area (Å²) in [5.74, 6) is 1.23. The van der Waals surface area contributed by atoms with Crippen LogP contribution in [0.5, 0.6) is 5.75 Å². The standard InChI is InChI=1S/C29H31N3O3S/c33-36(34,26-12-13-28-25(21-26)9-6-16-30-28)31-22-23-14-17-32(18-15-23)19-20-35-29-11-5-4-10-27(29)24-7-2-1-3-8-24/h1-13,16,21,23,31H,14-15,17-20,22H2. The van der Waals surface area contributed by atoms with Crippen molar-refractivity contribution in [2.24, 2.45) is 5.92 Å². The smallest absolute Gasteiger partial charge is 0.240 e. The van der Waals surface area contributed by atoms with E-state index in [9.17, 15) is 8.42 Å². The fourth-order valence-corrected chi connectivity index (χ4v) is 5.83. The number of pyridine rings is 1. The summed E-state index contributed by atoms with van der Waals surface area (Å²) >= 11 is 0. The van der Waals surface area contributed by atoms with Crippen LogP contribution in [0.4, 0.5) is 0 Å². The number of piperidine rings is 1. The van der Waals surface area contributed by atoms with E-state index >= 15 is 0 Å². The third-order valence-electron chi connectivity index (χ3n) is 6.79. The monoisotopic (exact) mass is 501 g/mol. The quantitative estimate of drug-likeness (QED) is 0.351. The van der Waals surface area contributed by atoms with Gasteiger partial charge in [0.1, 0.15) is 12.4 Å². The summed E-state index contributed by atoms with van der Waals surface area (Å²) in [6.07, 6.45) is 3.63. The van der Waals surface area contributed by atoms with Gasteiger partial charge in [-0.05, 0) is 67.7 Å². The normalized spacial score (nSPS) is 15.2. The zero-order valence-electron chi connectivity index (χ0n) is 20.2. The Morgan fingerprint density at radius 3 is 2.53 bits per heavy atom. The Bertz CT molecular complexity index is 1400. The molecule has 1 aliphatic heterocycles. The summed E-state index contributed by atoms with van der Waals surface area (Å²) in [5.41, 5.74) is 3.04. The molecule has 0 saturated carbocycles. The van der Waals surface area contributed by atoms with Gasteiger partial charge in [0, 0.05) is 30.2 Å². The predicted octanol–water partition coefficient (Wildman–Crippen LogP) is 4.97. The molecule has 0 radical (unpaired) electrons. The molecule has 0 spiro atoms. The van der Waals surface area contributed by atoms with Crippen molar-refractivity contribution in [2.75, 3.05) is 32.8 Å². The molecule has 0 unspecified atom stereocenters. The molecule has 6 nitrogen and oxygen atoms in total. The van der Waals surface area contributed by atoms with Crippen LogP contribution in [0.25, 0.3) is 22.0 Å². The molecule has 1 aliphatic rings. The number of ether oxygens (including phenoxy) is 1. The average Bonchev–Trinajstić information content (AvgIpc) is 2.93. The zero-order chi connectivity index (χ0) is 24.8. The number of likely N-dealkylation sites (tertiary alicyclic amines) is 1. The lowest BCUT2D eigenvalue weighted by atomic mass is 9.97. The van der Waals surface area contributed by atoms with E-state index < -0.39 is 10.0 Å². The van der Waals surface area contributed by atoms with Crippen molar-refractivity contribution in [2.45, 2.75) is 17.7 Å². The minimum Gasteiger partial charge on any atom is -0.492 e. The predicted molar refractivity (Wildman–Crippen MR) is 143 cm³/mol. The van der Waals surface area contributed by atoms with Gasteiger partial charge in [0.25, 0.3) is 0 Å². The van der Waals surface area contributed by atoms with Crippen LogP contribution in [-0.4, -0.2) is 51.1 Å². The second-order valence-electron chi connectivity index (χ2n) is 9.21.